The fraction of sp³-hybridized carbons (Fsp3) is 0.316. The van der Waals surface area contributed by atoms with Crippen molar-refractivity contribution in [1.82, 2.24) is 9.62 Å². The molecular weight excluding hydrogens is 374 g/mol. The third kappa shape index (κ3) is 6.11. The van der Waals surface area contributed by atoms with E-state index >= 15 is 0 Å². The number of hydrogen-bond acceptors (Lipinski definition) is 3. The zero-order chi connectivity index (χ0) is 20.0. The van der Waals surface area contributed by atoms with Crippen LogP contribution in [0.25, 0.3) is 0 Å². The number of rotatable bonds is 8. The molecule has 0 saturated carbocycles. The van der Waals surface area contributed by atoms with Crippen LogP contribution >= 0.6 is 0 Å². The first kappa shape index (κ1) is 21.0. The predicted molar refractivity (Wildman–Crippen MR) is 98.7 cm³/mol. The Hall–Kier alpha value is -2.32. The Morgan fingerprint density at radius 1 is 1.04 bits per heavy atom. The van der Waals surface area contributed by atoms with Crippen LogP contribution in [0.1, 0.15) is 18.1 Å². The number of nitrogens with one attached hydrogen (secondary N) is 1. The second-order valence-corrected chi connectivity index (χ2v) is 7.93. The quantitative estimate of drug-likeness (QED) is 0.746. The number of halogens is 2. The van der Waals surface area contributed by atoms with Crippen molar-refractivity contribution in [2.45, 2.75) is 25.2 Å². The molecule has 1 amide bonds. The molecule has 0 aliphatic rings. The fourth-order valence-corrected chi connectivity index (χ4v) is 3.89. The topological polar surface area (TPSA) is 66.5 Å². The van der Waals surface area contributed by atoms with E-state index in [1.807, 2.05) is 0 Å². The van der Waals surface area contributed by atoms with E-state index in [1.54, 1.807) is 12.1 Å². The van der Waals surface area contributed by atoms with Gasteiger partial charge < -0.3 is 4.90 Å². The first-order valence-electron chi connectivity index (χ1n) is 8.45. The van der Waals surface area contributed by atoms with Gasteiger partial charge in [0.15, 0.2) is 0 Å². The molecule has 2 rings (SSSR count). The summed E-state index contributed by atoms with van der Waals surface area (Å²) in [6, 6.07) is 9.45. The molecule has 27 heavy (non-hydrogen) atoms. The predicted octanol–water partition coefficient (Wildman–Crippen LogP) is 2.64. The highest BCUT2D eigenvalue weighted by Gasteiger charge is 2.17. The maximum Gasteiger partial charge on any atom is 0.240 e. The molecule has 146 valence electrons. The average molecular weight is 396 g/mol. The van der Waals surface area contributed by atoms with E-state index in [0.29, 0.717) is 18.5 Å². The van der Waals surface area contributed by atoms with Crippen molar-refractivity contribution in [3.8, 4) is 0 Å². The summed E-state index contributed by atoms with van der Waals surface area (Å²) in [5, 5.41) is 0. The molecule has 0 spiro atoms. The van der Waals surface area contributed by atoms with Gasteiger partial charge in [0.25, 0.3) is 0 Å². The van der Waals surface area contributed by atoms with Crippen LogP contribution in [0.3, 0.4) is 0 Å². The number of nitrogens with zero attached hydrogens (tertiary/aromatic N) is 1. The van der Waals surface area contributed by atoms with Crippen molar-refractivity contribution in [3.63, 3.8) is 0 Å². The highest BCUT2D eigenvalue weighted by molar-refractivity contribution is 7.89. The van der Waals surface area contributed by atoms with Gasteiger partial charge in [-0.3, -0.25) is 4.79 Å². The summed E-state index contributed by atoms with van der Waals surface area (Å²) in [6.45, 7) is 3.53. The zero-order valence-electron chi connectivity index (χ0n) is 15.2. The molecule has 5 nitrogen and oxygen atoms in total. The van der Waals surface area contributed by atoms with Crippen LogP contribution in [-0.2, 0) is 21.2 Å². The molecule has 0 aliphatic heterocycles. The second-order valence-electron chi connectivity index (χ2n) is 6.19. The van der Waals surface area contributed by atoms with Crippen LogP contribution in [0, 0.1) is 18.6 Å². The molecule has 8 heteroatoms. The minimum absolute atomic E-state index is 0.00425. The van der Waals surface area contributed by atoms with Crippen molar-refractivity contribution >= 4 is 15.9 Å². The Morgan fingerprint density at radius 3 is 2.26 bits per heavy atom. The van der Waals surface area contributed by atoms with Gasteiger partial charge in [-0.1, -0.05) is 12.1 Å². The summed E-state index contributed by atoms with van der Waals surface area (Å²) in [4.78, 5) is 13.3. The Kier molecular flexibility index (Phi) is 7.04. The minimum atomic E-state index is -3.80. The summed E-state index contributed by atoms with van der Waals surface area (Å²) in [5.74, 6) is -1.02. The zero-order valence-corrected chi connectivity index (χ0v) is 16.0. The Morgan fingerprint density at radius 2 is 1.67 bits per heavy atom. The lowest BCUT2D eigenvalue weighted by Crippen LogP contribution is -2.38. The number of benzene rings is 2. The first-order valence-corrected chi connectivity index (χ1v) is 9.93. The SMILES string of the molecule is CC(=O)N(CCNS(=O)(=O)c1ccc(F)cc1C)CCc1ccc(F)cc1. The van der Waals surface area contributed by atoms with E-state index in [1.165, 1.54) is 36.9 Å². The second kappa shape index (κ2) is 9.05. The van der Waals surface area contributed by atoms with Gasteiger partial charge in [0.05, 0.1) is 4.90 Å². The maximum atomic E-state index is 13.1. The van der Waals surface area contributed by atoms with Crippen LogP contribution in [0.5, 0.6) is 0 Å². The largest absolute Gasteiger partial charge is 0.341 e. The molecule has 0 bridgehead atoms. The van der Waals surface area contributed by atoms with Crippen molar-refractivity contribution in [1.29, 1.82) is 0 Å². The Bertz CT molecular complexity index is 900. The van der Waals surface area contributed by atoms with E-state index < -0.39 is 15.8 Å². The van der Waals surface area contributed by atoms with Gasteiger partial charge in [-0.2, -0.15) is 0 Å². The molecule has 0 atom stereocenters. The number of carbonyl (C=O) groups is 1. The average Bonchev–Trinajstić information content (AvgIpc) is 2.58. The smallest absolute Gasteiger partial charge is 0.240 e. The lowest BCUT2D eigenvalue weighted by molar-refractivity contribution is -0.128. The standard InChI is InChI=1S/C19H22F2N2O3S/c1-14-13-18(21)7-8-19(14)27(25,26)22-10-12-23(15(2)24)11-9-16-3-5-17(20)6-4-16/h3-8,13,22H,9-12H2,1-2H3. The third-order valence-corrected chi connectivity index (χ3v) is 5.75. The highest BCUT2D eigenvalue weighted by atomic mass is 32.2. The Labute approximate surface area is 158 Å². The first-order chi connectivity index (χ1) is 12.7. The Balaban J connectivity index is 1.93. The molecule has 0 heterocycles. The van der Waals surface area contributed by atoms with Gasteiger partial charge in [-0.05, 0) is 54.8 Å². The maximum absolute atomic E-state index is 13.1. The van der Waals surface area contributed by atoms with Gasteiger partial charge in [-0.25, -0.2) is 21.9 Å². The van der Waals surface area contributed by atoms with Gasteiger partial charge in [-0.15, -0.1) is 0 Å². The van der Waals surface area contributed by atoms with E-state index in [2.05, 4.69) is 4.72 Å². The lowest BCUT2D eigenvalue weighted by Gasteiger charge is -2.21. The van der Waals surface area contributed by atoms with Gasteiger partial charge in [0.2, 0.25) is 15.9 Å². The monoisotopic (exact) mass is 396 g/mol. The molecule has 0 radical (unpaired) electrons. The van der Waals surface area contributed by atoms with Crippen LogP contribution in [0.15, 0.2) is 47.4 Å². The van der Waals surface area contributed by atoms with Crippen molar-refractivity contribution in [2.24, 2.45) is 0 Å². The van der Waals surface area contributed by atoms with E-state index in [9.17, 15) is 22.0 Å². The number of hydrogen-bond donors (Lipinski definition) is 1. The molecule has 0 aliphatic carbocycles. The van der Waals surface area contributed by atoms with E-state index in [0.717, 1.165) is 17.7 Å². The molecule has 0 unspecified atom stereocenters. The molecular formula is C19H22F2N2O3S. The molecule has 0 aromatic heterocycles. The summed E-state index contributed by atoms with van der Waals surface area (Å²) >= 11 is 0. The molecule has 2 aromatic carbocycles. The summed E-state index contributed by atoms with van der Waals surface area (Å²) in [7, 11) is -3.80. The molecule has 0 fully saturated rings. The van der Waals surface area contributed by atoms with Crippen LogP contribution < -0.4 is 4.72 Å². The molecule has 0 saturated heterocycles. The van der Waals surface area contributed by atoms with Crippen LogP contribution in [0.4, 0.5) is 8.78 Å². The van der Waals surface area contributed by atoms with E-state index in [-0.39, 0.29) is 29.7 Å². The summed E-state index contributed by atoms with van der Waals surface area (Å²) in [5.41, 5.74) is 1.19. The number of amides is 1. The molecule has 2 aromatic rings. The highest BCUT2D eigenvalue weighted by Crippen LogP contribution is 2.15. The third-order valence-electron chi connectivity index (χ3n) is 4.13. The van der Waals surface area contributed by atoms with Crippen molar-refractivity contribution < 1.29 is 22.0 Å². The van der Waals surface area contributed by atoms with Crippen LogP contribution in [-0.4, -0.2) is 38.9 Å². The van der Waals surface area contributed by atoms with E-state index in [4.69, 9.17) is 0 Å². The fourth-order valence-electron chi connectivity index (χ4n) is 2.65. The number of carbonyl (C=O) groups excluding carboxylic acids is 1. The summed E-state index contributed by atoms with van der Waals surface area (Å²) in [6.07, 6.45) is 0.531. The van der Waals surface area contributed by atoms with Gasteiger partial charge in [0.1, 0.15) is 11.6 Å². The minimum Gasteiger partial charge on any atom is -0.341 e. The molecule has 1 N–H and O–H groups in total. The van der Waals surface area contributed by atoms with Crippen molar-refractivity contribution in [3.05, 3.63) is 65.2 Å². The van der Waals surface area contributed by atoms with Gasteiger partial charge in [0, 0.05) is 26.6 Å². The number of sulfonamides is 1. The van der Waals surface area contributed by atoms with Crippen molar-refractivity contribution in [2.75, 3.05) is 19.6 Å². The normalized spacial score (nSPS) is 11.4. The summed E-state index contributed by atoms with van der Waals surface area (Å²) < 4.78 is 53.2. The lowest BCUT2D eigenvalue weighted by atomic mass is 10.1. The van der Waals surface area contributed by atoms with Gasteiger partial charge >= 0.3 is 0 Å². The van der Waals surface area contributed by atoms with Crippen LogP contribution in [0.2, 0.25) is 0 Å². The number of aryl methyl sites for hydroxylation is 1.